The molecule has 1 aromatic carbocycles. The largest absolute Gasteiger partial charge is 0.276 e. The number of hydrazine groups is 1. The molecule has 3 N–H and O–H groups in total. The summed E-state index contributed by atoms with van der Waals surface area (Å²) in [4.78, 5) is 0. The Hall–Kier alpha value is -1.36. The maximum atomic E-state index is 6.28. The molecular weight excluding hydrogens is 260 g/mol. The highest BCUT2D eigenvalue weighted by Crippen LogP contribution is 2.26. The van der Waals surface area contributed by atoms with Crippen molar-refractivity contribution in [1.82, 2.24) is 15.2 Å². The lowest BCUT2D eigenvalue weighted by atomic mass is 9.99. The molecule has 1 aromatic heterocycles. The molecule has 102 valence electrons. The second kappa shape index (κ2) is 6.19. The summed E-state index contributed by atoms with van der Waals surface area (Å²) in [6.07, 6.45) is 5.69. The van der Waals surface area contributed by atoms with Gasteiger partial charge in [-0.25, -0.2) is 0 Å². The van der Waals surface area contributed by atoms with Gasteiger partial charge in [0.15, 0.2) is 0 Å². The molecule has 1 unspecified atom stereocenters. The third-order valence-corrected chi connectivity index (χ3v) is 3.54. The summed E-state index contributed by atoms with van der Waals surface area (Å²) < 4.78 is 1.80. The Morgan fingerprint density at radius 3 is 2.84 bits per heavy atom. The summed E-state index contributed by atoms with van der Waals surface area (Å²) >= 11 is 6.28. The number of hydrogen-bond donors (Lipinski definition) is 2. The number of nitrogens with two attached hydrogens (primary N) is 1. The van der Waals surface area contributed by atoms with Crippen LogP contribution in [0.25, 0.3) is 0 Å². The molecule has 1 atom stereocenters. The van der Waals surface area contributed by atoms with Crippen molar-refractivity contribution >= 4 is 11.6 Å². The molecule has 0 aliphatic rings. The molecule has 1 heterocycles. The first-order valence-electron chi connectivity index (χ1n) is 6.30. The Labute approximate surface area is 118 Å². The molecule has 4 nitrogen and oxygen atoms in total. The van der Waals surface area contributed by atoms with Crippen LogP contribution in [0.15, 0.2) is 30.6 Å². The number of nitrogens with one attached hydrogen (secondary N) is 1. The maximum Gasteiger partial charge on any atom is 0.0521 e. The third kappa shape index (κ3) is 3.56. The van der Waals surface area contributed by atoms with Gasteiger partial charge in [-0.3, -0.25) is 16.0 Å². The summed E-state index contributed by atoms with van der Waals surface area (Å²) in [6, 6.07) is 6.10. The van der Waals surface area contributed by atoms with Crippen molar-refractivity contribution in [3.63, 3.8) is 0 Å². The fourth-order valence-electron chi connectivity index (χ4n) is 2.16. The number of aromatic nitrogens is 2. The van der Waals surface area contributed by atoms with E-state index < -0.39 is 0 Å². The second-order valence-electron chi connectivity index (χ2n) is 4.81. The first-order valence-corrected chi connectivity index (χ1v) is 6.67. The zero-order valence-corrected chi connectivity index (χ0v) is 12.0. The molecule has 5 heteroatoms. The van der Waals surface area contributed by atoms with Crippen LogP contribution in [0.2, 0.25) is 5.02 Å². The van der Waals surface area contributed by atoms with Crippen molar-refractivity contribution in [2.24, 2.45) is 12.9 Å². The Bertz CT molecular complexity index is 550. The topological polar surface area (TPSA) is 55.9 Å². The zero-order chi connectivity index (χ0) is 13.8. The number of hydrogen-bond acceptors (Lipinski definition) is 3. The van der Waals surface area contributed by atoms with Crippen molar-refractivity contribution in [1.29, 1.82) is 0 Å². The van der Waals surface area contributed by atoms with Crippen LogP contribution in [0.4, 0.5) is 0 Å². The van der Waals surface area contributed by atoms with Gasteiger partial charge in [-0.2, -0.15) is 5.10 Å². The van der Waals surface area contributed by atoms with Crippen molar-refractivity contribution in [2.45, 2.75) is 25.8 Å². The van der Waals surface area contributed by atoms with E-state index in [1.807, 2.05) is 38.5 Å². The second-order valence-corrected chi connectivity index (χ2v) is 5.21. The van der Waals surface area contributed by atoms with Crippen LogP contribution in [0, 0.1) is 6.92 Å². The third-order valence-electron chi connectivity index (χ3n) is 3.21. The minimum atomic E-state index is 0.0494. The van der Waals surface area contributed by atoms with Crippen LogP contribution in [0.5, 0.6) is 0 Å². The molecule has 0 bridgehead atoms. The highest BCUT2D eigenvalue weighted by molar-refractivity contribution is 6.31. The summed E-state index contributed by atoms with van der Waals surface area (Å²) in [5.41, 5.74) is 6.23. The normalized spacial score (nSPS) is 12.6. The van der Waals surface area contributed by atoms with Crippen molar-refractivity contribution in [3.8, 4) is 0 Å². The van der Waals surface area contributed by atoms with Gasteiger partial charge in [0.2, 0.25) is 0 Å². The van der Waals surface area contributed by atoms with Crippen LogP contribution >= 0.6 is 11.6 Å². The molecule has 2 aromatic rings. The van der Waals surface area contributed by atoms with Crippen LogP contribution in [-0.2, 0) is 13.5 Å². The molecule has 2 rings (SSSR count). The first kappa shape index (κ1) is 14.1. The van der Waals surface area contributed by atoms with Crippen LogP contribution in [0.3, 0.4) is 0 Å². The van der Waals surface area contributed by atoms with Crippen molar-refractivity contribution in [2.75, 3.05) is 0 Å². The summed E-state index contributed by atoms with van der Waals surface area (Å²) in [6.45, 7) is 2.02. The predicted molar refractivity (Wildman–Crippen MR) is 77.8 cm³/mol. The van der Waals surface area contributed by atoms with Gasteiger partial charge in [-0.05, 0) is 42.5 Å². The number of halogens is 1. The molecule has 0 amide bonds. The average molecular weight is 279 g/mol. The smallest absolute Gasteiger partial charge is 0.0521 e. The van der Waals surface area contributed by atoms with Gasteiger partial charge in [0.1, 0.15) is 0 Å². The fraction of sp³-hybridized carbons (Fsp3) is 0.357. The fourth-order valence-corrected chi connectivity index (χ4v) is 2.52. The van der Waals surface area contributed by atoms with Crippen LogP contribution in [-0.4, -0.2) is 9.78 Å². The van der Waals surface area contributed by atoms with Crippen molar-refractivity contribution in [3.05, 3.63) is 52.3 Å². The quantitative estimate of drug-likeness (QED) is 0.653. The molecular formula is C14H19ClN4. The monoisotopic (exact) mass is 278 g/mol. The van der Waals surface area contributed by atoms with Gasteiger partial charge in [0.05, 0.1) is 6.20 Å². The average Bonchev–Trinajstić information content (AvgIpc) is 2.78. The van der Waals surface area contributed by atoms with E-state index in [-0.39, 0.29) is 6.04 Å². The maximum absolute atomic E-state index is 6.28. The van der Waals surface area contributed by atoms with Gasteiger partial charge in [0, 0.05) is 24.3 Å². The molecule has 0 aliphatic carbocycles. The van der Waals surface area contributed by atoms with Crippen molar-refractivity contribution < 1.29 is 0 Å². The number of aryl methyl sites for hydroxylation is 3. The number of nitrogens with zero attached hydrogens (tertiary/aromatic N) is 2. The highest BCUT2D eigenvalue weighted by Gasteiger charge is 2.13. The summed E-state index contributed by atoms with van der Waals surface area (Å²) in [7, 11) is 1.92. The Kier molecular flexibility index (Phi) is 4.58. The van der Waals surface area contributed by atoms with Gasteiger partial charge in [-0.15, -0.1) is 0 Å². The predicted octanol–water partition coefficient (Wildman–Crippen LogP) is 2.52. The first-order chi connectivity index (χ1) is 9.10. The SMILES string of the molecule is Cc1ccc(C(CCc2cnn(C)c2)NN)c(Cl)c1. The van der Waals surface area contributed by atoms with E-state index in [0.29, 0.717) is 0 Å². The molecule has 0 aliphatic heterocycles. The summed E-state index contributed by atoms with van der Waals surface area (Å²) in [5, 5.41) is 4.92. The van der Waals surface area contributed by atoms with Crippen LogP contribution < -0.4 is 11.3 Å². The lowest BCUT2D eigenvalue weighted by Crippen LogP contribution is -2.28. The number of benzene rings is 1. The number of rotatable bonds is 5. The molecule has 0 spiro atoms. The molecule has 0 saturated carbocycles. The van der Waals surface area contributed by atoms with Crippen LogP contribution in [0.1, 0.15) is 29.2 Å². The van der Waals surface area contributed by atoms with E-state index >= 15 is 0 Å². The van der Waals surface area contributed by atoms with Gasteiger partial charge in [0.25, 0.3) is 0 Å². The minimum Gasteiger partial charge on any atom is -0.276 e. The Balaban J connectivity index is 2.07. The molecule has 0 saturated heterocycles. The van der Waals surface area contributed by atoms with Gasteiger partial charge < -0.3 is 0 Å². The van der Waals surface area contributed by atoms with E-state index in [9.17, 15) is 0 Å². The van der Waals surface area contributed by atoms with E-state index in [1.165, 1.54) is 5.56 Å². The molecule has 0 fully saturated rings. The molecule has 0 radical (unpaired) electrons. The standard InChI is InChI=1S/C14H19ClN4/c1-10-3-5-12(13(15)7-10)14(18-16)6-4-11-8-17-19(2)9-11/h3,5,7-9,14,18H,4,6,16H2,1-2H3. The lowest BCUT2D eigenvalue weighted by molar-refractivity contribution is 0.516. The Morgan fingerprint density at radius 2 is 2.26 bits per heavy atom. The Morgan fingerprint density at radius 1 is 1.47 bits per heavy atom. The van der Waals surface area contributed by atoms with Gasteiger partial charge >= 0.3 is 0 Å². The zero-order valence-electron chi connectivity index (χ0n) is 11.2. The van der Waals surface area contributed by atoms with Gasteiger partial charge in [-0.1, -0.05) is 23.7 Å². The van der Waals surface area contributed by atoms with E-state index in [0.717, 1.165) is 29.0 Å². The van der Waals surface area contributed by atoms with E-state index in [4.69, 9.17) is 17.4 Å². The van der Waals surface area contributed by atoms with E-state index in [1.54, 1.807) is 4.68 Å². The van der Waals surface area contributed by atoms with E-state index in [2.05, 4.69) is 16.6 Å². The lowest BCUT2D eigenvalue weighted by Gasteiger charge is -2.17. The highest BCUT2D eigenvalue weighted by atomic mass is 35.5. The summed E-state index contributed by atoms with van der Waals surface area (Å²) in [5.74, 6) is 5.65. The molecule has 19 heavy (non-hydrogen) atoms. The minimum absolute atomic E-state index is 0.0494.